The van der Waals surface area contributed by atoms with Gasteiger partial charge in [-0.25, -0.2) is 8.42 Å². The lowest BCUT2D eigenvalue weighted by Gasteiger charge is -2.09. The summed E-state index contributed by atoms with van der Waals surface area (Å²) in [5, 5.41) is 0. The zero-order valence-corrected chi connectivity index (χ0v) is 9.76. The molecule has 3 heteroatoms. The molecule has 15 heavy (non-hydrogen) atoms. The second-order valence-corrected chi connectivity index (χ2v) is 6.34. The SMILES string of the molecule is CS(=O)(=O)c1ccc(C2CCCC2)cc1. The van der Waals surface area contributed by atoms with Crippen LogP contribution >= 0.6 is 0 Å². The summed E-state index contributed by atoms with van der Waals surface area (Å²) >= 11 is 0. The minimum absolute atomic E-state index is 0.421. The first-order valence-electron chi connectivity index (χ1n) is 5.37. The number of benzene rings is 1. The summed E-state index contributed by atoms with van der Waals surface area (Å²) in [5.41, 5.74) is 1.29. The molecule has 0 unspecified atom stereocenters. The lowest BCUT2D eigenvalue weighted by Crippen LogP contribution is -1.98. The Balaban J connectivity index is 2.24. The molecule has 1 aromatic rings. The highest BCUT2D eigenvalue weighted by Crippen LogP contribution is 2.34. The Hall–Kier alpha value is -0.830. The average Bonchev–Trinajstić information content (AvgIpc) is 2.69. The van der Waals surface area contributed by atoms with Crippen LogP contribution in [0.25, 0.3) is 0 Å². The van der Waals surface area contributed by atoms with Crippen LogP contribution in [-0.2, 0) is 9.84 Å². The summed E-state index contributed by atoms with van der Waals surface area (Å²) in [6.45, 7) is 0. The molecule has 0 amide bonds. The van der Waals surface area contributed by atoms with E-state index in [1.54, 1.807) is 12.1 Å². The van der Waals surface area contributed by atoms with E-state index < -0.39 is 9.84 Å². The summed E-state index contributed by atoms with van der Waals surface area (Å²) in [5.74, 6) is 0.651. The molecule has 0 aromatic heterocycles. The van der Waals surface area contributed by atoms with Crippen LogP contribution in [0.1, 0.15) is 37.2 Å². The van der Waals surface area contributed by atoms with Crippen molar-refractivity contribution in [3.8, 4) is 0 Å². The molecule has 1 saturated carbocycles. The van der Waals surface area contributed by atoms with Gasteiger partial charge in [0.2, 0.25) is 0 Å². The summed E-state index contributed by atoms with van der Waals surface area (Å²) in [4.78, 5) is 0.421. The van der Waals surface area contributed by atoms with Crippen molar-refractivity contribution in [2.24, 2.45) is 0 Å². The van der Waals surface area contributed by atoms with Crippen LogP contribution in [-0.4, -0.2) is 14.7 Å². The first-order chi connectivity index (χ1) is 7.07. The first kappa shape index (κ1) is 10.7. The first-order valence-corrected chi connectivity index (χ1v) is 7.26. The van der Waals surface area contributed by atoms with Gasteiger partial charge in [-0.1, -0.05) is 25.0 Å². The third-order valence-corrected chi connectivity index (χ3v) is 4.26. The number of sulfone groups is 1. The zero-order valence-electron chi connectivity index (χ0n) is 8.94. The molecule has 82 valence electrons. The molecular formula is C12H16O2S. The maximum atomic E-state index is 11.3. The Morgan fingerprint density at radius 2 is 1.60 bits per heavy atom. The lowest BCUT2D eigenvalue weighted by molar-refractivity contribution is 0.601. The summed E-state index contributed by atoms with van der Waals surface area (Å²) < 4.78 is 22.5. The highest BCUT2D eigenvalue weighted by atomic mass is 32.2. The maximum absolute atomic E-state index is 11.3. The smallest absolute Gasteiger partial charge is 0.175 e. The summed E-state index contributed by atoms with van der Waals surface area (Å²) in [6, 6.07) is 7.38. The van der Waals surface area contributed by atoms with Crippen LogP contribution in [0.2, 0.25) is 0 Å². The third-order valence-electron chi connectivity index (χ3n) is 3.13. The zero-order chi connectivity index (χ0) is 10.9. The lowest BCUT2D eigenvalue weighted by atomic mass is 9.98. The molecule has 0 atom stereocenters. The normalized spacial score (nSPS) is 18.2. The Bertz CT molecular complexity index is 425. The van der Waals surface area contributed by atoms with Crippen LogP contribution < -0.4 is 0 Å². The van der Waals surface area contributed by atoms with Gasteiger partial charge in [0, 0.05) is 6.26 Å². The van der Waals surface area contributed by atoms with E-state index in [0.29, 0.717) is 10.8 Å². The second-order valence-electron chi connectivity index (χ2n) is 4.32. The molecule has 1 fully saturated rings. The molecule has 1 aliphatic carbocycles. The minimum Gasteiger partial charge on any atom is -0.224 e. The van der Waals surface area contributed by atoms with Gasteiger partial charge in [-0.3, -0.25) is 0 Å². The number of hydrogen-bond donors (Lipinski definition) is 0. The van der Waals surface area contributed by atoms with E-state index in [0.717, 1.165) is 0 Å². The number of hydrogen-bond acceptors (Lipinski definition) is 2. The fourth-order valence-corrected chi connectivity index (χ4v) is 2.88. The molecule has 1 aliphatic rings. The van der Waals surface area contributed by atoms with E-state index >= 15 is 0 Å². The van der Waals surface area contributed by atoms with E-state index in [2.05, 4.69) is 0 Å². The summed E-state index contributed by atoms with van der Waals surface area (Å²) in [6.07, 6.45) is 6.35. The standard InChI is InChI=1S/C12H16O2S/c1-15(13,14)12-8-6-11(7-9-12)10-4-2-3-5-10/h6-10H,2-5H2,1H3. The maximum Gasteiger partial charge on any atom is 0.175 e. The fourth-order valence-electron chi connectivity index (χ4n) is 2.25. The molecule has 0 N–H and O–H groups in total. The summed E-state index contributed by atoms with van der Waals surface area (Å²) in [7, 11) is -3.04. The molecular weight excluding hydrogens is 208 g/mol. The van der Waals surface area contributed by atoms with Gasteiger partial charge in [-0.05, 0) is 36.5 Å². The third kappa shape index (κ3) is 2.40. The Morgan fingerprint density at radius 1 is 1.07 bits per heavy atom. The van der Waals surface area contributed by atoms with Gasteiger partial charge in [-0.15, -0.1) is 0 Å². The highest BCUT2D eigenvalue weighted by molar-refractivity contribution is 7.90. The van der Waals surface area contributed by atoms with Crippen molar-refractivity contribution in [2.75, 3.05) is 6.26 Å². The van der Waals surface area contributed by atoms with Crippen molar-refractivity contribution in [1.29, 1.82) is 0 Å². The fraction of sp³-hybridized carbons (Fsp3) is 0.500. The Morgan fingerprint density at radius 3 is 2.07 bits per heavy atom. The molecule has 2 rings (SSSR count). The monoisotopic (exact) mass is 224 g/mol. The predicted molar refractivity (Wildman–Crippen MR) is 60.8 cm³/mol. The Labute approximate surface area is 91.2 Å². The van der Waals surface area contributed by atoms with E-state index in [1.807, 2.05) is 12.1 Å². The van der Waals surface area contributed by atoms with E-state index in [9.17, 15) is 8.42 Å². The van der Waals surface area contributed by atoms with Crippen LogP contribution in [0.15, 0.2) is 29.2 Å². The van der Waals surface area contributed by atoms with Gasteiger partial charge >= 0.3 is 0 Å². The van der Waals surface area contributed by atoms with Crippen LogP contribution in [0.5, 0.6) is 0 Å². The molecule has 0 spiro atoms. The van der Waals surface area contributed by atoms with Crippen LogP contribution in [0.4, 0.5) is 0 Å². The van der Waals surface area contributed by atoms with E-state index in [-0.39, 0.29) is 0 Å². The quantitative estimate of drug-likeness (QED) is 0.774. The van der Waals surface area contributed by atoms with E-state index in [1.165, 1.54) is 37.5 Å². The molecule has 1 aromatic carbocycles. The van der Waals surface area contributed by atoms with Crippen molar-refractivity contribution < 1.29 is 8.42 Å². The van der Waals surface area contributed by atoms with Gasteiger partial charge in [0.1, 0.15) is 0 Å². The van der Waals surface area contributed by atoms with Gasteiger partial charge in [-0.2, -0.15) is 0 Å². The van der Waals surface area contributed by atoms with E-state index in [4.69, 9.17) is 0 Å². The van der Waals surface area contributed by atoms with Crippen molar-refractivity contribution in [2.45, 2.75) is 36.5 Å². The van der Waals surface area contributed by atoms with Gasteiger partial charge < -0.3 is 0 Å². The number of rotatable bonds is 2. The van der Waals surface area contributed by atoms with Crippen molar-refractivity contribution in [3.05, 3.63) is 29.8 Å². The topological polar surface area (TPSA) is 34.1 Å². The Kier molecular flexibility index (Phi) is 2.83. The van der Waals surface area contributed by atoms with Gasteiger partial charge in [0.25, 0.3) is 0 Å². The van der Waals surface area contributed by atoms with Gasteiger partial charge in [0.05, 0.1) is 4.90 Å². The molecule has 0 heterocycles. The minimum atomic E-state index is -3.04. The van der Waals surface area contributed by atoms with Crippen LogP contribution in [0, 0.1) is 0 Å². The van der Waals surface area contributed by atoms with Crippen molar-refractivity contribution >= 4 is 9.84 Å². The molecule has 0 saturated heterocycles. The second kappa shape index (κ2) is 3.97. The highest BCUT2D eigenvalue weighted by Gasteiger charge is 2.17. The van der Waals surface area contributed by atoms with Crippen molar-refractivity contribution in [3.63, 3.8) is 0 Å². The molecule has 2 nitrogen and oxygen atoms in total. The predicted octanol–water partition coefficient (Wildman–Crippen LogP) is 2.75. The molecule has 0 aliphatic heterocycles. The average molecular weight is 224 g/mol. The molecule has 0 radical (unpaired) electrons. The van der Waals surface area contributed by atoms with Gasteiger partial charge in [0.15, 0.2) is 9.84 Å². The largest absolute Gasteiger partial charge is 0.224 e. The van der Waals surface area contributed by atoms with Crippen LogP contribution in [0.3, 0.4) is 0 Å². The van der Waals surface area contributed by atoms with Crippen molar-refractivity contribution in [1.82, 2.24) is 0 Å². The molecule has 0 bridgehead atoms.